The fourth-order valence-corrected chi connectivity index (χ4v) is 3.99. The first-order chi connectivity index (χ1) is 12.2. The zero-order valence-corrected chi connectivity index (χ0v) is 15.2. The summed E-state index contributed by atoms with van der Waals surface area (Å²) in [5.74, 6) is 0.910. The highest BCUT2D eigenvalue weighted by molar-refractivity contribution is 5.40. The number of morpholine rings is 1. The number of aliphatic hydroxyl groups excluding tert-OH is 2. The lowest BCUT2D eigenvalue weighted by Gasteiger charge is -2.45. The number of anilines is 1. The second-order valence-corrected chi connectivity index (χ2v) is 7.40. The number of ether oxygens (including phenoxy) is 1. The van der Waals surface area contributed by atoms with Gasteiger partial charge in [0.2, 0.25) is 0 Å². The van der Waals surface area contributed by atoms with Crippen molar-refractivity contribution in [3.8, 4) is 0 Å². The van der Waals surface area contributed by atoms with Gasteiger partial charge in [0.25, 0.3) is 0 Å². The average Bonchev–Trinajstić information content (AvgIpc) is 2.65. The summed E-state index contributed by atoms with van der Waals surface area (Å²) in [5, 5.41) is 20.4. The van der Waals surface area contributed by atoms with Gasteiger partial charge < -0.3 is 19.8 Å². The van der Waals surface area contributed by atoms with Crippen molar-refractivity contribution < 1.29 is 14.9 Å². The number of piperidine rings is 1. The van der Waals surface area contributed by atoms with Crippen LogP contribution in [0.3, 0.4) is 0 Å². The van der Waals surface area contributed by atoms with Crippen LogP contribution in [0.1, 0.15) is 31.7 Å². The van der Waals surface area contributed by atoms with Gasteiger partial charge in [-0.05, 0) is 24.5 Å². The molecule has 140 valence electrons. The Balaban J connectivity index is 1.59. The molecular weight excluding hydrogens is 318 g/mol. The molecule has 3 rings (SSSR count). The Bertz CT molecular complexity index is 533. The molecule has 3 heterocycles. The van der Waals surface area contributed by atoms with Crippen LogP contribution in [0, 0.1) is 5.41 Å². The molecule has 2 aliphatic heterocycles. The Morgan fingerprint density at radius 1 is 1.28 bits per heavy atom. The van der Waals surface area contributed by atoms with Gasteiger partial charge in [0, 0.05) is 44.3 Å². The number of aliphatic hydroxyl groups is 2. The van der Waals surface area contributed by atoms with Gasteiger partial charge in [0.05, 0.1) is 25.9 Å². The van der Waals surface area contributed by atoms with Crippen molar-refractivity contribution in [3.05, 3.63) is 23.9 Å². The van der Waals surface area contributed by atoms with Gasteiger partial charge in [-0.1, -0.05) is 19.4 Å². The lowest BCUT2D eigenvalue weighted by molar-refractivity contribution is -0.0372. The normalized spacial score (nSPS) is 28.3. The Hall–Kier alpha value is -1.21. The highest BCUT2D eigenvalue weighted by atomic mass is 16.5. The molecule has 0 aliphatic carbocycles. The molecule has 2 fully saturated rings. The molecule has 2 aliphatic rings. The van der Waals surface area contributed by atoms with Gasteiger partial charge in [-0.2, -0.15) is 0 Å². The highest BCUT2D eigenvalue weighted by Crippen LogP contribution is 2.37. The summed E-state index contributed by atoms with van der Waals surface area (Å²) in [6.45, 7) is 7.99. The van der Waals surface area contributed by atoms with Gasteiger partial charge in [-0.3, -0.25) is 4.90 Å². The third kappa shape index (κ3) is 4.31. The van der Waals surface area contributed by atoms with E-state index in [9.17, 15) is 10.2 Å². The quantitative estimate of drug-likeness (QED) is 0.806. The minimum absolute atomic E-state index is 0.0573. The third-order valence-corrected chi connectivity index (χ3v) is 5.69. The van der Waals surface area contributed by atoms with Crippen molar-refractivity contribution in [1.29, 1.82) is 0 Å². The Kier molecular flexibility index (Phi) is 6.28. The molecule has 6 heteroatoms. The Morgan fingerprint density at radius 3 is 2.68 bits per heavy atom. The minimum Gasteiger partial charge on any atom is -0.396 e. The molecule has 25 heavy (non-hydrogen) atoms. The molecular formula is C19H31N3O3. The summed E-state index contributed by atoms with van der Waals surface area (Å²) >= 11 is 0. The van der Waals surface area contributed by atoms with Crippen LogP contribution in [0.4, 0.5) is 5.82 Å². The van der Waals surface area contributed by atoms with Crippen molar-refractivity contribution in [1.82, 2.24) is 9.88 Å². The zero-order valence-electron chi connectivity index (χ0n) is 15.2. The summed E-state index contributed by atoms with van der Waals surface area (Å²) in [6.07, 6.45) is 4.07. The molecule has 0 unspecified atom stereocenters. The average molecular weight is 349 g/mol. The monoisotopic (exact) mass is 349 g/mol. The molecule has 0 bridgehead atoms. The summed E-state index contributed by atoms with van der Waals surface area (Å²) in [6, 6.07) is 4.18. The maximum Gasteiger partial charge on any atom is 0.128 e. The van der Waals surface area contributed by atoms with Gasteiger partial charge in [-0.15, -0.1) is 0 Å². The third-order valence-electron chi connectivity index (χ3n) is 5.69. The molecule has 1 aromatic heterocycles. The van der Waals surface area contributed by atoms with Crippen LogP contribution in [0.5, 0.6) is 0 Å². The van der Waals surface area contributed by atoms with E-state index >= 15 is 0 Å². The smallest absolute Gasteiger partial charge is 0.128 e. The second kappa shape index (κ2) is 8.45. The largest absolute Gasteiger partial charge is 0.396 e. The molecule has 1 aromatic rings. The van der Waals surface area contributed by atoms with E-state index in [4.69, 9.17) is 4.74 Å². The molecule has 0 radical (unpaired) electrons. The van der Waals surface area contributed by atoms with E-state index < -0.39 is 6.10 Å². The first-order valence-electron chi connectivity index (χ1n) is 9.46. The van der Waals surface area contributed by atoms with Crippen molar-refractivity contribution in [2.45, 2.75) is 38.8 Å². The fraction of sp³-hybridized carbons (Fsp3) is 0.737. The maximum atomic E-state index is 10.6. The zero-order chi connectivity index (χ0) is 17.7. The molecule has 2 saturated heterocycles. The SMILES string of the molecule is CCC[C@]1(CO)CCN(c2ccc(CN3CCOCC3)cn2)C[C@H]1O. The van der Waals surface area contributed by atoms with Crippen LogP contribution in [-0.2, 0) is 11.3 Å². The molecule has 6 nitrogen and oxygen atoms in total. The Morgan fingerprint density at radius 2 is 2.08 bits per heavy atom. The minimum atomic E-state index is -0.513. The maximum absolute atomic E-state index is 10.6. The molecule has 0 spiro atoms. The number of rotatable bonds is 6. The van der Waals surface area contributed by atoms with Crippen LogP contribution in [0.25, 0.3) is 0 Å². The summed E-state index contributed by atoms with van der Waals surface area (Å²) in [5.41, 5.74) is 0.862. The van der Waals surface area contributed by atoms with Crippen LogP contribution in [0.2, 0.25) is 0 Å². The van der Waals surface area contributed by atoms with Crippen LogP contribution >= 0.6 is 0 Å². The highest BCUT2D eigenvalue weighted by Gasteiger charge is 2.41. The standard InChI is InChI=1S/C19H31N3O3/c1-2-5-19(15-23)6-7-22(14-17(19)24)18-4-3-16(12-20-18)13-21-8-10-25-11-9-21/h3-4,12,17,23-24H,2,5-11,13-15H2,1H3/t17-,19-/m1/s1. The van der Waals surface area contributed by atoms with Gasteiger partial charge in [-0.25, -0.2) is 4.98 Å². The summed E-state index contributed by atoms with van der Waals surface area (Å²) < 4.78 is 5.38. The number of aromatic nitrogens is 1. The second-order valence-electron chi connectivity index (χ2n) is 7.40. The topological polar surface area (TPSA) is 69.1 Å². The van der Waals surface area contributed by atoms with Crippen LogP contribution in [0.15, 0.2) is 18.3 Å². The predicted molar refractivity (Wildman–Crippen MR) is 97.6 cm³/mol. The first-order valence-corrected chi connectivity index (χ1v) is 9.46. The van der Waals surface area contributed by atoms with E-state index in [-0.39, 0.29) is 12.0 Å². The van der Waals surface area contributed by atoms with Crippen LogP contribution in [-0.4, -0.2) is 72.2 Å². The summed E-state index contributed by atoms with van der Waals surface area (Å²) in [4.78, 5) is 9.13. The predicted octanol–water partition coefficient (Wildman–Crippen LogP) is 1.26. The number of pyridine rings is 1. The fourth-order valence-electron chi connectivity index (χ4n) is 3.99. The first kappa shape index (κ1) is 18.6. The molecule has 0 saturated carbocycles. The van der Waals surface area contributed by atoms with Gasteiger partial charge in [0.1, 0.15) is 5.82 Å². The van der Waals surface area contributed by atoms with E-state index in [1.165, 1.54) is 5.56 Å². The van der Waals surface area contributed by atoms with E-state index in [0.717, 1.165) is 64.5 Å². The van der Waals surface area contributed by atoms with Gasteiger partial charge >= 0.3 is 0 Å². The number of hydrogen-bond donors (Lipinski definition) is 2. The lowest BCUT2D eigenvalue weighted by atomic mass is 9.73. The number of β-amino-alcohol motifs (C(OH)–C–C–N with tert-alkyl or cyclic N) is 1. The van der Waals surface area contributed by atoms with E-state index in [1.807, 2.05) is 12.3 Å². The number of nitrogens with zero attached hydrogens (tertiary/aromatic N) is 3. The van der Waals surface area contributed by atoms with E-state index in [0.29, 0.717) is 6.54 Å². The molecule has 2 N–H and O–H groups in total. The lowest BCUT2D eigenvalue weighted by Crippen LogP contribution is -2.53. The Labute approximate surface area is 150 Å². The molecule has 2 atom stereocenters. The van der Waals surface area contributed by atoms with E-state index in [2.05, 4.69) is 27.8 Å². The number of hydrogen-bond acceptors (Lipinski definition) is 6. The van der Waals surface area contributed by atoms with Crippen molar-refractivity contribution >= 4 is 5.82 Å². The van der Waals surface area contributed by atoms with Crippen molar-refractivity contribution in [2.24, 2.45) is 5.41 Å². The molecule has 0 aromatic carbocycles. The van der Waals surface area contributed by atoms with Crippen molar-refractivity contribution in [2.75, 3.05) is 50.9 Å². The van der Waals surface area contributed by atoms with Crippen LogP contribution < -0.4 is 4.90 Å². The summed E-state index contributed by atoms with van der Waals surface area (Å²) in [7, 11) is 0. The van der Waals surface area contributed by atoms with E-state index in [1.54, 1.807) is 0 Å². The van der Waals surface area contributed by atoms with Gasteiger partial charge in [0.15, 0.2) is 0 Å². The molecule has 0 amide bonds. The van der Waals surface area contributed by atoms with Crippen molar-refractivity contribution in [3.63, 3.8) is 0 Å².